The van der Waals surface area contributed by atoms with Crippen molar-refractivity contribution in [2.75, 3.05) is 6.54 Å². The van der Waals surface area contributed by atoms with Crippen LogP contribution in [-0.4, -0.2) is 33.5 Å². The van der Waals surface area contributed by atoms with E-state index in [0.29, 0.717) is 23.6 Å². The number of nitrogens with zero attached hydrogens (tertiary/aromatic N) is 2. The van der Waals surface area contributed by atoms with Gasteiger partial charge in [-0.05, 0) is 31.5 Å². The Hall–Kier alpha value is -1.66. The Labute approximate surface area is 127 Å². The molecule has 21 heavy (non-hydrogen) atoms. The minimum atomic E-state index is -0.867. The number of nitro benzene ring substituents is 1. The molecule has 1 aliphatic rings. The van der Waals surface area contributed by atoms with Crippen molar-refractivity contribution in [3.63, 3.8) is 0 Å². The number of carboxylic acid groups (broad SMARTS) is 1. The summed E-state index contributed by atoms with van der Waals surface area (Å²) >= 11 is 5.80. The summed E-state index contributed by atoms with van der Waals surface area (Å²) in [5, 5.41) is 20.8. The molecule has 0 bridgehead atoms. The molecular weight excluding hydrogens is 296 g/mol. The summed E-state index contributed by atoms with van der Waals surface area (Å²) in [6.07, 6.45) is 3.35. The Balaban J connectivity index is 2.26. The van der Waals surface area contributed by atoms with E-state index in [0.717, 1.165) is 19.3 Å². The number of nitro groups is 1. The highest BCUT2D eigenvalue weighted by Gasteiger charge is 2.28. The molecule has 0 radical (unpaired) electrons. The number of carbonyl (C=O) groups is 1. The molecule has 0 spiro atoms. The van der Waals surface area contributed by atoms with Gasteiger partial charge in [-0.15, -0.1) is 0 Å². The zero-order valence-corrected chi connectivity index (χ0v) is 12.3. The van der Waals surface area contributed by atoms with Crippen LogP contribution in [0.25, 0.3) is 0 Å². The lowest BCUT2D eigenvalue weighted by Crippen LogP contribution is -2.40. The quantitative estimate of drug-likeness (QED) is 0.682. The number of benzene rings is 1. The number of likely N-dealkylation sites (tertiary alicyclic amines) is 1. The van der Waals surface area contributed by atoms with Crippen molar-refractivity contribution in [1.29, 1.82) is 0 Å². The summed E-state index contributed by atoms with van der Waals surface area (Å²) in [6, 6.07) is 3.93. The molecule has 1 atom stereocenters. The molecular formula is C14H17ClN2O4. The monoisotopic (exact) mass is 312 g/mol. The van der Waals surface area contributed by atoms with Gasteiger partial charge in [0.2, 0.25) is 0 Å². The standard InChI is InChI=1S/C14H17ClN2O4/c15-11-6-5-10(13(8-11)17(20)21)9-16-7-3-1-2-4-12(16)14(18)19/h5-6,8,12H,1-4,7,9H2,(H,18,19). The summed E-state index contributed by atoms with van der Waals surface area (Å²) in [5.41, 5.74) is 0.438. The number of carboxylic acids is 1. The van der Waals surface area contributed by atoms with E-state index in [9.17, 15) is 20.0 Å². The minimum Gasteiger partial charge on any atom is -0.480 e. The third-order valence-electron chi connectivity index (χ3n) is 3.77. The number of halogens is 1. The van der Waals surface area contributed by atoms with Gasteiger partial charge in [-0.2, -0.15) is 0 Å². The SMILES string of the molecule is O=C(O)C1CCCCCN1Cc1ccc(Cl)cc1[N+](=O)[O-]. The molecule has 1 aromatic carbocycles. The second-order valence-corrected chi connectivity index (χ2v) is 5.64. The van der Waals surface area contributed by atoms with Crippen molar-refractivity contribution < 1.29 is 14.8 Å². The van der Waals surface area contributed by atoms with Crippen molar-refractivity contribution in [3.05, 3.63) is 38.9 Å². The number of rotatable bonds is 4. The molecule has 6 nitrogen and oxygen atoms in total. The highest BCUT2D eigenvalue weighted by Crippen LogP contribution is 2.27. The predicted molar refractivity (Wildman–Crippen MR) is 78.4 cm³/mol. The molecule has 7 heteroatoms. The number of hydrogen-bond acceptors (Lipinski definition) is 4. The first-order chi connectivity index (χ1) is 9.99. The summed E-state index contributed by atoms with van der Waals surface area (Å²) in [4.78, 5) is 23.8. The van der Waals surface area contributed by atoms with Gasteiger partial charge < -0.3 is 5.11 Å². The first kappa shape index (κ1) is 15.7. The van der Waals surface area contributed by atoms with Gasteiger partial charge in [0, 0.05) is 23.2 Å². The molecule has 1 aromatic rings. The van der Waals surface area contributed by atoms with Gasteiger partial charge >= 0.3 is 5.97 Å². The molecule has 1 fully saturated rings. The average molecular weight is 313 g/mol. The van der Waals surface area contributed by atoms with Crippen molar-refractivity contribution in [3.8, 4) is 0 Å². The second kappa shape index (κ2) is 6.87. The summed E-state index contributed by atoms with van der Waals surface area (Å²) < 4.78 is 0. The van der Waals surface area contributed by atoms with Gasteiger partial charge in [-0.3, -0.25) is 19.8 Å². The van der Waals surface area contributed by atoms with E-state index in [1.807, 2.05) is 4.90 Å². The van der Waals surface area contributed by atoms with Gasteiger partial charge in [0.1, 0.15) is 6.04 Å². The van der Waals surface area contributed by atoms with Crippen LogP contribution in [0.5, 0.6) is 0 Å². The Bertz CT molecular complexity index is 550. The molecule has 0 aromatic heterocycles. The van der Waals surface area contributed by atoms with Gasteiger partial charge in [-0.25, -0.2) is 0 Å². The smallest absolute Gasteiger partial charge is 0.320 e. The second-order valence-electron chi connectivity index (χ2n) is 5.20. The van der Waals surface area contributed by atoms with Crippen LogP contribution in [0.4, 0.5) is 5.69 Å². The molecule has 0 amide bonds. The molecule has 0 saturated carbocycles. The fourth-order valence-electron chi connectivity index (χ4n) is 2.70. The van der Waals surface area contributed by atoms with Crippen LogP contribution in [0.15, 0.2) is 18.2 Å². The van der Waals surface area contributed by atoms with Crippen LogP contribution in [0, 0.1) is 10.1 Å². The highest BCUT2D eigenvalue weighted by molar-refractivity contribution is 6.30. The Kier molecular flexibility index (Phi) is 5.14. The Morgan fingerprint density at radius 2 is 2.19 bits per heavy atom. The lowest BCUT2D eigenvalue weighted by Gasteiger charge is -2.26. The van der Waals surface area contributed by atoms with E-state index in [1.165, 1.54) is 6.07 Å². The normalized spacial score (nSPS) is 20.0. The fraction of sp³-hybridized carbons (Fsp3) is 0.500. The zero-order valence-electron chi connectivity index (χ0n) is 11.5. The van der Waals surface area contributed by atoms with Crippen molar-refractivity contribution >= 4 is 23.3 Å². The first-order valence-corrected chi connectivity index (χ1v) is 7.26. The molecule has 1 saturated heterocycles. The van der Waals surface area contributed by atoms with Crippen LogP contribution in [0.3, 0.4) is 0 Å². The van der Waals surface area contributed by atoms with Crippen LogP contribution in [-0.2, 0) is 11.3 Å². The molecule has 0 aliphatic carbocycles. The summed E-state index contributed by atoms with van der Waals surface area (Å²) in [5.74, 6) is -0.867. The van der Waals surface area contributed by atoms with E-state index in [-0.39, 0.29) is 12.2 Å². The Morgan fingerprint density at radius 1 is 1.43 bits per heavy atom. The molecule has 1 N–H and O–H groups in total. The lowest BCUT2D eigenvalue weighted by atomic mass is 10.1. The Morgan fingerprint density at radius 3 is 2.86 bits per heavy atom. The highest BCUT2D eigenvalue weighted by atomic mass is 35.5. The number of aliphatic carboxylic acids is 1. The summed E-state index contributed by atoms with van der Waals surface area (Å²) in [6.45, 7) is 0.890. The van der Waals surface area contributed by atoms with Gasteiger partial charge in [0.15, 0.2) is 0 Å². The third kappa shape index (κ3) is 3.92. The van der Waals surface area contributed by atoms with Crippen molar-refractivity contribution in [2.45, 2.75) is 38.3 Å². The van der Waals surface area contributed by atoms with Crippen LogP contribution in [0.2, 0.25) is 5.02 Å². The molecule has 2 rings (SSSR count). The van der Waals surface area contributed by atoms with E-state index < -0.39 is 16.9 Å². The van der Waals surface area contributed by atoms with Crippen molar-refractivity contribution in [1.82, 2.24) is 4.90 Å². The molecule has 1 aliphatic heterocycles. The first-order valence-electron chi connectivity index (χ1n) is 6.88. The van der Waals surface area contributed by atoms with Crippen LogP contribution in [0.1, 0.15) is 31.2 Å². The lowest BCUT2D eigenvalue weighted by molar-refractivity contribution is -0.385. The van der Waals surface area contributed by atoms with E-state index in [2.05, 4.69) is 0 Å². The number of hydrogen-bond donors (Lipinski definition) is 1. The average Bonchev–Trinajstić information content (AvgIpc) is 2.66. The molecule has 1 unspecified atom stereocenters. The van der Waals surface area contributed by atoms with E-state index >= 15 is 0 Å². The van der Waals surface area contributed by atoms with Gasteiger partial charge in [0.05, 0.1) is 4.92 Å². The van der Waals surface area contributed by atoms with E-state index in [4.69, 9.17) is 11.6 Å². The van der Waals surface area contributed by atoms with Gasteiger partial charge in [0.25, 0.3) is 5.69 Å². The van der Waals surface area contributed by atoms with E-state index in [1.54, 1.807) is 12.1 Å². The fourth-order valence-corrected chi connectivity index (χ4v) is 2.86. The van der Waals surface area contributed by atoms with Crippen molar-refractivity contribution in [2.24, 2.45) is 0 Å². The topological polar surface area (TPSA) is 83.7 Å². The maximum Gasteiger partial charge on any atom is 0.320 e. The third-order valence-corrected chi connectivity index (χ3v) is 4.00. The molecule has 1 heterocycles. The van der Waals surface area contributed by atoms with Crippen LogP contribution >= 0.6 is 11.6 Å². The maximum atomic E-state index is 11.4. The maximum absolute atomic E-state index is 11.4. The van der Waals surface area contributed by atoms with Gasteiger partial charge in [-0.1, -0.05) is 24.4 Å². The molecule has 114 valence electrons. The zero-order chi connectivity index (χ0) is 15.4. The largest absolute Gasteiger partial charge is 0.480 e. The summed E-state index contributed by atoms with van der Waals surface area (Å²) in [7, 11) is 0. The minimum absolute atomic E-state index is 0.0594. The predicted octanol–water partition coefficient (Wildman–Crippen LogP) is 3.08. The van der Waals surface area contributed by atoms with Crippen LogP contribution < -0.4 is 0 Å².